The molecule has 0 aliphatic carbocycles. The molecule has 3 rings (SSSR count). The van der Waals surface area contributed by atoms with E-state index in [1.165, 1.54) is 17.3 Å². The average molecular weight is 395 g/mol. The first-order chi connectivity index (χ1) is 13.4. The fourth-order valence-electron chi connectivity index (χ4n) is 2.99. The van der Waals surface area contributed by atoms with Gasteiger partial charge in [0.1, 0.15) is 5.75 Å². The molecule has 0 saturated carbocycles. The summed E-state index contributed by atoms with van der Waals surface area (Å²) in [5.41, 5.74) is 4.07. The first kappa shape index (κ1) is 20.2. The van der Waals surface area contributed by atoms with Gasteiger partial charge in [-0.2, -0.15) is 0 Å². The van der Waals surface area contributed by atoms with E-state index in [2.05, 4.69) is 13.8 Å². The van der Waals surface area contributed by atoms with Crippen molar-refractivity contribution in [1.82, 2.24) is 4.90 Å². The highest BCUT2D eigenvalue weighted by Gasteiger charge is 2.33. The number of nitrogens with zero attached hydrogens (tertiary/aromatic N) is 2. The predicted molar refractivity (Wildman–Crippen MR) is 118 cm³/mol. The normalized spacial score (nSPS) is 17.2. The maximum atomic E-state index is 13.0. The zero-order valence-corrected chi connectivity index (χ0v) is 17.8. The van der Waals surface area contributed by atoms with Gasteiger partial charge in [-0.15, -0.1) is 0 Å². The standard InChI is InChI=1S/C23H26N2O2S/c1-15(2)14-25-22(26)21(13-18-8-11-20(27-5)17(4)12-18)28-23(25)24-19-9-6-16(3)7-10-19/h6-13,15H,14H2,1-5H3/b21-13+,24-23?. The third-order valence-corrected chi connectivity index (χ3v) is 5.42. The van der Waals surface area contributed by atoms with Crippen LogP contribution in [0.15, 0.2) is 52.4 Å². The number of methoxy groups -OCH3 is 1. The van der Waals surface area contributed by atoms with Crippen LogP contribution in [0.1, 0.15) is 30.5 Å². The molecule has 5 heteroatoms. The van der Waals surface area contributed by atoms with E-state index in [1.54, 1.807) is 12.0 Å². The summed E-state index contributed by atoms with van der Waals surface area (Å²) in [4.78, 5) is 20.3. The molecular weight excluding hydrogens is 368 g/mol. The number of aliphatic imine (C=N–C) groups is 1. The van der Waals surface area contributed by atoms with E-state index >= 15 is 0 Å². The van der Waals surface area contributed by atoms with Gasteiger partial charge in [-0.25, -0.2) is 4.99 Å². The van der Waals surface area contributed by atoms with Crippen molar-refractivity contribution >= 4 is 34.6 Å². The Bertz CT molecular complexity index is 930. The molecule has 2 aromatic rings. The van der Waals surface area contributed by atoms with Gasteiger partial charge in [0.05, 0.1) is 17.7 Å². The lowest BCUT2D eigenvalue weighted by atomic mass is 10.1. The van der Waals surface area contributed by atoms with Crippen molar-refractivity contribution in [2.24, 2.45) is 10.9 Å². The zero-order chi connectivity index (χ0) is 20.3. The Balaban J connectivity index is 1.94. The largest absolute Gasteiger partial charge is 0.496 e. The molecule has 0 unspecified atom stereocenters. The summed E-state index contributed by atoms with van der Waals surface area (Å²) in [7, 11) is 1.66. The van der Waals surface area contributed by atoms with Crippen LogP contribution >= 0.6 is 11.8 Å². The highest BCUT2D eigenvalue weighted by molar-refractivity contribution is 8.18. The quantitative estimate of drug-likeness (QED) is 0.622. The molecule has 4 nitrogen and oxygen atoms in total. The molecule has 1 fully saturated rings. The summed E-state index contributed by atoms with van der Waals surface area (Å²) in [6, 6.07) is 14.0. The molecular formula is C23H26N2O2S. The van der Waals surface area contributed by atoms with Crippen LogP contribution in [0, 0.1) is 19.8 Å². The van der Waals surface area contributed by atoms with E-state index in [0.717, 1.165) is 27.7 Å². The highest BCUT2D eigenvalue weighted by atomic mass is 32.2. The third kappa shape index (κ3) is 4.65. The number of amides is 1. The molecule has 1 amide bonds. The number of benzene rings is 2. The second kappa shape index (κ2) is 8.65. The molecule has 146 valence electrons. The molecule has 0 N–H and O–H groups in total. The van der Waals surface area contributed by atoms with E-state index in [9.17, 15) is 4.79 Å². The van der Waals surface area contributed by atoms with Crippen molar-refractivity contribution in [3.63, 3.8) is 0 Å². The van der Waals surface area contributed by atoms with Crippen LogP contribution < -0.4 is 4.74 Å². The van der Waals surface area contributed by atoms with Gasteiger partial charge in [-0.3, -0.25) is 9.69 Å². The molecule has 28 heavy (non-hydrogen) atoms. The summed E-state index contributed by atoms with van der Waals surface area (Å²) >= 11 is 1.43. The Morgan fingerprint density at radius 3 is 2.46 bits per heavy atom. The molecule has 0 atom stereocenters. The second-order valence-electron chi connectivity index (χ2n) is 7.38. The fourth-order valence-corrected chi connectivity index (χ4v) is 4.00. The first-order valence-electron chi connectivity index (χ1n) is 9.39. The molecule has 1 aliphatic heterocycles. The van der Waals surface area contributed by atoms with Gasteiger partial charge in [0.15, 0.2) is 5.17 Å². The minimum Gasteiger partial charge on any atom is -0.496 e. The SMILES string of the molecule is COc1ccc(/C=C2/SC(=Nc3ccc(C)cc3)N(CC(C)C)C2=O)cc1C. The molecule has 0 spiro atoms. The number of thioether (sulfide) groups is 1. The minimum atomic E-state index is 0.0121. The summed E-state index contributed by atoms with van der Waals surface area (Å²) < 4.78 is 5.32. The number of hydrogen-bond donors (Lipinski definition) is 0. The Morgan fingerprint density at radius 1 is 1.14 bits per heavy atom. The van der Waals surface area contributed by atoms with Gasteiger partial charge < -0.3 is 4.74 Å². The number of aryl methyl sites for hydroxylation is 2. The van der Waals surface area contributed by atoms with E-state index in [0.29, 0.717) is 17.4 Å². The van der Waals surface area contributed by atoms with Gasteiger partial charge in [0.25, 0.3) is 5.91 Å². The molecule has 1 saturated heterocycles. The van der Waals surface area contributed by atoms with Crippen molar-refractivity contribution in [3.05, 3.63) is 64.1 Å². The lowest BCUT2D eigenvalue weighted by Gasteiger charge is -2.17. The molecule has 2 aromatic carbocycles. The predicted octanol–water partition coefficient (Wildman–Crippen LogP) is 5.57. The molecule has 0 radical (unpaired) electrons. The number of carbonyl (C=O) groups is 1. The summed E-state index contributed by atoms with van der Waals surface area (Å²) in [6.45, 7) is 8.91. The van der Waals surface area contributed by atoms with E-state index in [4.69, 9.17) is 9.73 Å². The lowest BCUT2D eigenvalue weighted by molar-refractivity contribution is -0.122. The van der Waals surface area contributed by atoms with Gasteiger partial charge in [0, 0.05) is 6.54 Å². The summed E-state index contributed by atoms with van der Waals surface area (Å²) in [5.74, 6) is 1.21. The molecule has 0 bridgehead atoms. The van der Waals surface area contributed by atoms with Gasteiger partial charge in [0.2, 0.25) is 0 Å². The number of ether oxygens (including phenoxy) is 1. The monoisotopic (exact) mass is 394 g/mol. The smallest absolute Gasteiger partial charge is 0.266 e. The topological polar surface area (TPSA) is 41.9 Å². The highest BCUT2D eigenvalue weighted by Crippen LogP contribution is 2.35. The van der Waals surface area contributed by atoms with Crippen molar-refractivity contribution in [1.29, 1.82) is 0 Å². The van der Waals surface area contributed by atoms with E-state index in [-0.39, 0.29) is 5.91 Å². The van der Waals surface area contributed by atoms with Gasteiger partial charge in [-0.05, 0) is 73.0 Å². The maximum absolute atomic E-state index is 13.0. The Kier molecular flexibility index (Phi) is 6.25. The van der Waals surface area contributed by atoms with Crippen LogP contribution in [0.4, 0.5) is 5.69 Å². The average Bonchev–Trinajstić information content (AvgIpc) is 2.92. The number of amidine groups is 1. The maximum Gasteiger partial charge on any atom is 0.266 e. The summed E-state index contributed by atoms with van der Waals surface area (Å²) in [5, 5.41) is 0.735. The van der Waals surface area contributed by atoms with Crippen molar-refractivity contribution in [2.45, 2.75) is 27.7 Å². The number of rotatable bonds is 5. The lowest BCUT2D eigenvalue weighted by Crippen LogP contribution is -2.32. The van der Waals surface area contributed by atoms with Gasteiger partial charge in [-0.1, -0.05) is 37.6 Å². The molecule has 0 aromatic heterocycles. The van der Waals surface area contributed by atoms with E-state index in [1.807, 2.05) is 62.4 Å². The molecule has 1 aliphatic rings. The Labute approximate surface area is 171 Å². The summed E-state index contributed by atoms with van der Waals surface area (Å²) in [6.07, 6.45) is 1.93. The fraction of sp³-hybridized carbons (Fsp3) is 0.304. The number of carbonyl (C=O) groups excluding carboxylic acids is 1. The minimum absolute atomic E-state index is 0.0121. The van der Waals surface area contributed by atoms with Crippen LogP contribution in [0.2, 0.25) is 0 Å². The van der Waals surface area contributed by atoms with Crippen LogP contribution in [0.5, 0.6) is 5.75 Å². The van der Waals surface area contributed by atoms with Crippen LogP contribution in [0.3, 0.4) is 0 Å². The van der Waals surface area contributed by atoms with Crippen molar-refractivity contribution in [2.75, 3.05) is 13.7 Å². The zero-order valence-electron chi connectivity index (χ0n) is 17.0. The van der Waals surface area contributed by atoms with Crippen molar-refractivity contribution in [3.8, 4) is 5.75 Å². The second-order valence-corrected chi connectivity index (χ2v) is 8.39. The van der Waals surface area contributed by atoms with Crippen LogP contribution in [-0.4, -0.2) is 29.6 Å². The Hall–Kier alpha value is -2.53. The third-order valence-electron chi connectivity index (χ3n) is 4.41. The Morgan fingerprint density at radius 2 is 1.86 bits per heavy atom. The van der Waals surface area contributed by atoms with E-state index < -0.39 is 0 Å². The van der Waals surface area contributed by atoms with Crippen LogP contribution in [-0.2, 0) is 4.79 Å². The first-order valence-corrected chi connectivity index (χ1v) is 10.2. The number of hydrogen-bond acceptors (Lipinski definition) is 4. The van der Waals surface area contributed by atoms with Gasteiger partial charge >= 0.3 is 0 Å². The van der Waals surface area contributed by atoms with Crippen molar-refractivity contribution < 1.29 is 9.53 Å². The molecule has 1 heterocycles. The van der Waals surface area contributed by atoms with Crippen LogP contribution in [0.25, 0.3) is 6.08 Å².